The average Bonchev–Trinajstić information content (AvgIpc) is 3.30. The SMILES string of the molecule is Clc1ccc(-c2nnc(/C=C/c3nnco3)n2-c2ccccc2Cl)c(Cl)c1. The third-order valence-corrected chi connectivity index (χ3v) is 4.57. The Morgan fingerprint density at radius 1 is 0.889 bits per heavy atom. The first kappa shape index (κ1) is 17.7. The molecule has 6 nitrogen and oxygen atoms in total. The lowest BCUT2D eigenvalue weighted by molar-refractivity contribution is 0.542. The maximum atomic E-state index is 6.42. The topological polar surface area (TPSA) is 69.6 Å². The maximum Gasteiger partial charge on any atom is 0.240 e. The molecule has 9 heteroatoms. The van der Waals surface area contributed by atoms with E-state index in [2.05, 4.69) is 20.4 Å². The molecule has 0 amide bonds. The van der Waals surface area contributed by atoms with Crippen LogP contribution in [-0.4, -0.2) is 25.0 Å². The Bertz CT molecular complexity index is 1120. The van der Waals surface area contributed by atoms with Gasteiger partial charge in [-0.2, -0.15) is 0 Å². The van der Waals surface area contributed by atoms with Crippen molar-refractivity contribution in [2.45, 2.75) is 0 Å². The van der Waals surface area contributed by atoms with Crippen molar-refractivity contribution in [3.63, 3.8) is 0 Å². The molecular formula is C18H10Cl3N5O. The Morgan fingerprint density at radius 2 is 1.74 bits per heavy atom. The van der Waals surface area contributed by atoms with E-state index in [4.69, 9.17) is 39.2 Å². The first-order valence-corrected chi connectivity index (χ1v) is 8.87. The second kappa shape index (κ2) is 7.52. The van der Waals surface area contributed by atoms with E-state index in [1.165, 1.54) is 6.39 Å². The molecule has 0 unspecified atom stereocenters. The smallest absolute Gasteiger partial charge is 0.240 e. The summed E-state index contributed by atoms with van der Waals surface area (Å²) in [5.41, 5.74) is 1.38. The van der Waals surface area contributed by atoms with Crippen LogP contribution < -0.4 is 0 Å². The molecule has 2 aromatic heterocycles. The minimum Gasteiger partial charge on any atom is -0.424 e. The van der Waals surface area contributed by atoms with Crippen LogP contribution in [0, 0.1) is 0 Å². The van der Waals surface area contributed by atoms with Gasteiger partial charge in [-0.05, 0) is 36.4 Å². The lowest BCUT2D eigenvalue weighted by Crippen LogP contribution is -2.01. The number of para-hydroxylation sites is 1. The quantitative estimate of drug-likeness (QED) is 0.441. The molecule has 0 saturated carbocycles. The van der Waals surface area contributed by atoms with Gasteiger partial charge in [-0.3, -0.25) is 4.57 Å². The molecule has 134 valence electrons. The number of halogens is 3. The molecule has 0 saturated heterocycles. The van der Waals surface area contributed by atoms with Crippen molar-refractivity contribution in [2.75, 3.05) is 0 Å². The molecule has 4 aromatic rings. The van der Waals surface area contributed by atoms with Crippen LogP contribution in [0.5, 0.6) is 0 Å². The van der Waals surface area contributed by atoms with Gasteiger partial charge in [-0.1, -0.05) is 46.9 Å². The maximum absolute atomic E-state index is 6.42. The number of aromatic nitrogens is 5. The minimum absolute atomic E-state index is 0.342. The highest BCUT2D eigenvalue weighted by Gasteiger charge is 2.18. The zero-order chi connectivity index (χ0) is 18.8. The predicted octanol–water partition coefficient (Wildman–Crippen LogP) is 5.45. The summed E-state index contributed by atoms with van der Waals surface area (Å²) in [4.78, 5) is 0. The van der Waals surface area contributed by atoms with Gasteiger partial charge in [0.25, 0.3) is 0 Å². The summed E-state index contributed by atoms with van der Waals surface area (Å²) in [5, 5.41) is 17.5. The fraction of sp³-hybridized carbons (Fsp3) is 0. The van der Waals surface area contributed by atoms with Gasteiger partial charge in [0, 0.05) is 16.7 Å². The number of benzene rings is 2. The number of nitrogens with zero attached hydrogens (tertiary/aromatic N) is 5. The molecule has 0 aliphatic rings. The highest BCUT2D eigenvalue weighted by atomic mass is 35.5. The molecule has 0 bridgehead atoms. The van der Waals surface area contributed by atoms with Gasteiger partial charge in [-0.25, -0.2) is 0 Å². The molecule has 27 heavy (non-hydrogen) atoms. The van der Waals surface area contributed by atoms with Gasteiger partial charge in [0.2, 0.25) is 12.3 Å². The van der Waals surface area contributed by atoms with E-state index < -0.39 is 0 Å². The van der Waals surface area contributed by atoms with Gasteiger partial charge < -0.3 is 4.42 Å². The molecule has 0 aliphatic carbocycles. The molecule has 2 heterocycles. The molecule has 0 N–H and O–H groups in total. The highest BCUT2D eigenvalue weighted by molar-refractivity contribution is 6.36. The van der Waals surface area contributed by atoms with Crippen molar-refractivity contribution in [1.29, 1.82) is 0 Å². The number of hydrogen-bond acceptors (Lipinski definition) is 5. The summed E-state index contributed by atoms with van der Waals surface area (Å²) in [5.74, 6) is 1.38. The van der Waals surface area contributed by atoms with Gasteiger partial charge in [-0.15, -0.1) is 20.4 Å². The zero-order valence-electron chi connectivity index (χ0n) is 13.6. The van der Waals surface area contributed by atoms with Gasteiger partial charge in [0.1, 0.15) is 0 Å². The van der Waals surface area contributed by atoms with Crippen LogP contribution in [0.3, 0.4) is 0 Å². The fourth-order valence-corrected chi connectivity index (χ4v) is 3.23. The van der Waals surface area contributed by atoms with Crippen LogP contribution in [0.1, 0.15) is 11.7 Å². The first-order chi connectivity index (χ1) is 13.1. The molecule has 0 aliphatic heterocycles. The predicted molar refractivity (Wildman–Crippen MR) is 105 cm³/mol. The van der Waals surface area contributed by atoms with Gasteiger partial charge in [0.05, 0.1) is 15.7 Å². The summed E-state index contributed by atoms with van der Waals surface area (Å²) >= 11 is 18.8. The molecular weight excluding hydrogens is 409 g/mol. The van der Waals surface area contributed by atoms with Gasteiger partial charge >= 0.3 is 0 Å². The second-order valence-electron chi connectivity index (χ2n) is 5.40. The highest BCUT2D eigenvalue weighted by Crippen LogP contribution is 2.33. The Hall–Kier alpha value is -2.67. The Labute approximate surface area is 169 Å². The number of rotatable bonds is 4. The lowest BCUT2D eigenvalue weighted by Gasteiger charge is -2.11. The normalized spacial score (nSPS) is 11.4. The van der Waals surface area contributed by atoms with Crippen LogP contribution in [0.15, 0.2) is 53.3 Å². The molecule has 0 radical (unpaired) electrons. The third-order valence-electron chi connectivity index (χ3n) is 3.71. The van der Waals surface area contributed by atoms with E-state index in [0.29, 0.717) is 43.9 Å². The van der Waals surface area contributed by atoms with E-state index in [1.807, 2.05) is 18.2 Å². The monoisotopic (exact) mass is 417 g/mol. The fourth-order valence-electron chi connectivity index (χ4n) is 2.52. The van der Waals surface area contributed by atoms with Crippen molar-refractivity contribution in [3.8, 4) is 17.1 Å². The van der Waals surface area contributed by atoms with Crippen molar-refractivity contribution >= 4 is 47.0 Å². The lowest BCUT2D eigenvalue weighted by atomic mass is 10.2. The van der Waals surface area contributed by atoms with E-state index in [0.717, 1.165) is 0 Å². The summed E-state index contributed by atoms with van der Waals surface area (Å²) in [7, 11) is 0. The molecule has 2 aromatic carbocycles. The zero-order valence-corrected chi connectivity index (χ0v) is 15.8. The van der Waals surface area contributed by atoms with E-state index in [1.54, 1.807) is 41.0 Å². The largest absolute Gasteiger partial charge is 0.424 e. The average molecular weight is 419 g/mol. The first-order valence-electron chi connectivity index (χ1n) is 7.73. The van der Waals surface area contributed by atoms with Crippen LogP contribution in [-0.2, 0) is 0 Å². The van der Waals surface area contributed by atoms with Gasteiger partial charge in [0.15, 0.2) is 11.6 Å². The summed E-state index contributed by atoms with van der Waals surface area (Å²) in [6.07, 6.45) is 4.59. The van der Waals surface area contributed by atoms with Crippen molar-refractivity contribution in [1.82, 2.24) is 25.0 Å². The van der Waals surface area contributed by atoms with Crippen molar-refractivity contribution in [2.24, 2.45) is 0 Å². The Morgan fingerprint density at radius 3 is 2.48 bits per heavy atom. The van der Waals surface area contributed by atoms with Crippen molar-refractivity contribution < 1.29 is 4.42 Å². The van der Waals surface area contributed by atoms with Crippen molar-refractivity contribution in [3.05, 3.63) is 75.6 Å². The summed E-state index contributed by atoms with van der Waals surface area (Å²) < 4.78 is 6.92. The van der Waals surface area contributed by atoms with E-state index in [-0.39, 0.29) is 0 Å². The second-order valence-corrected chi connectivity index (χ2v) is 6.65. The van der Waals surface area contributed by atoms with E-state index >= 15 is 0 Å². The van der Waals surface area contributed by atoms with Crippen LogP contribution in [0.4, 0.5) is 0 Å². The Balaban J connectivity index is 1.91. The summed E-state index contributed by atoms with van der Waals surface area (Å²) in [6.45, 7) is 0. The van der Waals surface area contributed by atoms with Crippen LogP contribution in [0.25, 0.3) is 29.2 Å². The third kappa shape index (κ3) is 3.60. The molecule has 4 rings (SSSR count). The molecule has 0 atom stereocenters. The molecule has 0 spiro atoms. The Kier molecular flexibility index (Phi) is 4.94. The van der Waals surface area contributed by atoms with E-state index in [9.17, 15) is 0 Å². The summed E-state index contributed by atoms with van der Waals surface area (Å²) in [6, 6.07) is 12.5. The number of hydrogen-bond donors (Lipinski definition) is 0. The standard InChI is InChI=1S/C18H10Cl3N5O/c19-11-5-6-12(14(21)9-11)18-25-23-16(7-8-17-24-22-10-27-17)26(18)15-4-2-1-3-13(15)20/h1-10H/b8-7+. The minimum atomic E-state index is 0.342. The van der Waals surface area contributed by atoms with Crippen LogP contribution >= 0.6 is 34.8 Å². The molecule has 0 fully saturated rings. The van der Waals surface area contributed by atoms with Crippen LogP contribution in [0.2, 0.25) is 15.1 Å².